The number of rotatable bonds is 1. The monoisotopic (exact) mass is 88.1 g/mol. The summed E-state index contributed by atoms with van der Waals surface area (Å²) in [7, 11) is 0. The minimum absolute atomic E-state index is 0.250. The average molecular weight is 88.2 g/mol. The van der Waals surface area contributed by atoms with Crippen molar-refractivity contribution in [3.05, 3.63) is 0 Å². The van der Waals surface area contributed by atoms with Crippen molar-refractivity contribution < 1.29 is 1.37 Å². The Morgan fingerprint density at radius 3 is 1.33 bits per heavy atom. The highest BCUT2D eigenvalue weighted by Gasteiger charge is 1.95. The van der Waals surface area contributed by atoms with Crippen molar-refractivity contribution in [2.45, 2.75) is 27.7 Å². The van der Waals surface area contributed by atoms with E-state index in [0.717, 1.165) is 0 Å². The second kappa shape index (κ2) is 2.22. The Hall–Kier alpha value is 0. The van der Waals surface area contributed by atoms with Gasteiger partial charge in [-0.05, 0) is 11.8 Å². The third-order valence-electron chi connectivity index (χ3n) is 1.15. The van der Waals surface area contributed by atoms with Crippen LogP contribution in [0.4, 0.5) is 0 Å². The Labute approximate surface area is 42.0 Å². The lowest BCUT2D eigenvalue weighted by Crippen LogP contribution is -1.95. The molecule has 0 aliphatic carbocycles. The van der Waals surface area contributed by atoms with Crippen LogP contribution in [0.5, 0.6) is 0 Å². The molecule has 0 aromatic heterocycles. The molecule has 0 N–H and O–H groups in total. The van der Waals surface area contributed by atoms with Gasteiger partial charge in [0.1, 0.15) is 0 Å². The van der Waals surface area contributed by atoms with Gasteiger partial charge >= 0.3 is 0 Å². The Morgan fingerprint density at radius 2 is 1.33 bits per heavy atom. The molecule has 0 saturated heterocycles. The van der Waals surface area contributed by atoms with E-state index in [-0.39, 0.29) is 5.89 Å². The molecule has 0 heterocycles. The summed E-state index contributed by atoms with van der Waals surface area (Å²) >= 11 is 0. The summed E-state index contributed by atoms with van der Waals surface area (Å²) in [6, 6.07) is 0. The molecule has 0 unspecified atom stereocenters. The molecule has 38 valence electrons. The fraction of sp³-hybridized carbons (Fsp3) is 1.00. The van der Waals surface area contributed by atoms with E-state index in [1.54, 1.807) is 0 Å². The molecule has 6 heavy (non-hydrogen) atoms. The lowest BCUT2D eigenvalue weighted by Gasteiger charge is -2.05. The van der Waals surface area contributed by atoms with E-state index in [2.05, 4.69) is 13.8 Å². The van der Waals surface area contributed by atoms with Crippen LogP contribution in [0.2, 0.25) is 0 Å². The highest BCUT2D eigenvalue weighted by molar-refractivity contribution is 4.46. The second-order valence-electron chi connectivity index (χ2n) is 2.23. The van der Waals surface area contributed by atoms with E-state index in [4.69, 9.17) is 1.37 Å². The lowest BCUT2D eigenvalue weighted by molar-refractivity contribution is 0.457. The zero-order chi connectivity index (χ0) is 6.08. The molecule has 0 fully saturated rings. The quantitative estimate of drug-likeness (QED) is 0.461. The molecule has 0 aromatic carbocycles. The van der Waals surface area contributed by atoms with E-state index < -0.39 is 0 Å². The maximum absolute atomic E-state index is 7.39. The molecule has 0 aliphatic heterocycles. The molecule has 0 aromatic rings. The van der Waals surface area contributed by atoms with Crippen LogP contribution in [0.25, 0.3) is 0 Å². The van der Waals surface area contributed by atoms with Crippen LogP contribution < -0.4 is 0 Å². The van der Waals surface area contributed by atoms with Crippen LogP contribution in [0.1, 0.15) is 29.1 Å². The highest BCUT2D eigenvalue weighted by Crippen LogP contribution is 2.05. The SMILES string of the molecule is [3H]C(C)(C)C(C)C. The predicted molar refractivity (Wildman–Crippen MR) is 29.7 cm³/mol. The van der Waals surface area contributed by atoms with Crippen LogP contribution in [-0.4, -0.2) is 0 Å². The topological polar surface area (TPSA) is 0 Å². The van der Waals surface area contributed by atoms with Crippen molar-refractivity contribution in [2.75, 3.05) is 0 Å². The van der Waals surface area contributed by atoms with Crippen LogP contribution in [0.15, 0.2) is 0 Å². The molecule has 0 rings (SSSR count). The normalized spacial score (nSPS) is 15.2. The van der Waals surface area contributed by atoms with Gasteiger partial charge in [0, 0.05) is 1.37 Å². The van der Waals surface area contributed by atoms with E-state index >= 15 is 0 Å². The van der Waals surface area contributed by atoms with Gasteiger partial charge in [0.25, 0.3) is 0 Å². The summed E-state index contributed by atoms with van der Waals surface area (Å²) in [6.07, 6.45) is 0. The number of hydrogen-bond donors (Lipinski definition) is 0. The van der Waals surface area contributed by atoms with Gasteiger partial charge in [-0.2, -0.15) is 0 Å². The molecule has 0 bridgehead atoms. The standard InChI is InChI=1S/C6H14/c1-5(2)6(3)4/h5-6H,1-4H3/i5T. The zero-order valence-corrected chi connectivity index (χ0v) is 5.08. The third kappa shape index (κ3) is 2.25. The minimum atomic E-state index is -0.250. The van der Waals surface area contributed by atoms with Crippen LogP contribution in [-0.2, 0) is 0 Å². The third-order valence-corrected chi connectivity index (χ3v) is 1.15. The summed E-state index contributed by atoms with van der Waals surface area (Å²) in [6.45, 7) is 7.98. The summed E-state index contributed by atoms with van der Waals surface area (Å²) in [5, 5.41) is 0. The smallest absolute Gasteiger partial charge is 0.0300 e. The van der Waals surface area contributed by atoms with Gasteiger partial charge in [-0.3, -0.25) is 0 Å². The van der Waals surface area contributed by atoms with Crippen LogP contribution in [0, 0.1) is 11.8 Å². The van der Waals surface area contributed by atoms with E-state index in [0.29, 0.717) is 5.92 Å². The summed E-state index contributed by atoms with van der Waals surface area (Å²) in [4.78, 5) is 0. The summed E-state index contributed by atoms with van der Waals surface area (Å²) < 4.78 is 7.39. The van der Waals surface area contributed by atoms with Gasteiger partial charge in [0.15, 0.2) is 0 Å². The van der Waals surface area contributed by atoms with Gasteiger partial charge in [-0.25, -0.2) is 0 Å². The average Bonchev–Trinajstić information content (AvgIpc) is 1.31. The van der Waals surface area contributed by atoms with Crippen molar-refractivity contribution in [1.82, 2.24) is 0 Å². The molecule has 0 atom stereocenters. The second-order valence-corrected chi connectivity index (χ2v) is 2.23. The van der Waals surface area contributed by atoms with Gasteiger partial charge in [0.05, 0.1) is 0 Å². The Kier molecular flexibility index (Phi) is 1.54. The van der Waals surface area contributed by atoms with Gasteiger partial charge in [-0.15, -0.1) is 0 Å². The molecule has 0 aliphatic rings. The maximum Gasteiger partial charge on any atom is 0.0300 e. The molecule has 0 amide bonds. The van der Waals surface area contributed by atoms with E-state index in [1.807, 2.05) is 13.8 Å². The van der Waals surface area contributed by atoms with Gasteiger partial charge in [0.2, 0.25) is 0 Å². The van der Waals surface area contributed by atoms with Crippen molar-refractivity contribution in [3.63, 3.8) is 0 Å². The van der Waals surface area contributed by atoms with Crippen molar-refractivity contribution in [1.29, 1.82) is 0 Å². The molecular formula is C6H14. The maximum atomic E-state index is 7.39. The predicted octanol–water partition coefficient (Wildman–Crippen LogP) is 2.30. The van der Waals surface area contributed by atoms with Crippen LogP contribution in [0.3, 0.4) is 0 Å². The lowest BCUT2D eigenvalue weighted by atomic mass is 10.0. The van der Waals surface area contributed by atoms with Gasteiger partial charge < -0.3 is 0 Å². The fourth-order valence-electron chi connectivity index (χ4n) is 0. The molecule has 0 saturated carbocycles. The largest absolute Gasteiger partial charge is 0.0625 e. The first kappa shape index (κ1) is 4.17. The Bertz CT molecular complexity index is 49.7. The first-order chi connectivity index (χ1) is 2.94. The van der Waals surface area contributed by atoms with Crippen molar-refractivity contribution in [2.24, 2.45) is 11.8 Å². The first-order valence-corrected chi connectivity index (χ1v) is 2.44. The number of hydrogen-bond acceptors (Lipinski definition) is 0. The highest BCUT2D eigenvalue weighted by atomic mass is 14.0. The van der Waals surface area contributed by atoms with Crippen molar-refractivity contribution in [3.8, 4) is 0 Å². The summed E-state index contributed by atoms with van der Waals surface area (Å²) in [5.41, 5.74) is 0. The van der Waals surface area contributed by atoms with E-state index in [9.17, 15) is 0 Å². The van der Waals surface area contributed by atoms with E-state index in [1.165, 1.54) is 0 Å². The molecular weight excluding hydrogens is 72.1 g/mol. The van der Waals surface area contributed by atoms with Gasteiger partial charge in [-0.1, -0.05) is 27.7 Å². The zero-order valence-electron chi connectivity index (χ0n) is 6.08. The van der Waals surface area contributed by atoms with Crippen molar-refractivity contribution >= 4 is 0 Å². The first-order valence-electron chi connectivity index (χ1n) is 2.94. The summed E-state index contributed by atoms with van der Waals surface area (Å²) in [5.74, 6) is 0.215. The fourth-order valence-corrected chi connectivity index (χ4v) is 0. The Morgan fingerprint density at radius 1 is 1.17 bits per heavy atom. The molecule has 0 nitrogen and oxygen atoms in total. The molecule has 0 radical (unpaired) electrons. The molecule has 0 spiro atoms. The minimum Gasteiger partial charge on any atom is -0.0625 e. The Balaban J connectivity index is 3.54. The van der Waals surface area contributed by atoms with Crippen LogP contribution >= 0.6 is 0 Å². The molecule has 0 heteroatoms.